The fourth-order valence-electron chi connectivity index (χ4n) is 3.66. The van der Waals surface area contributed by atoms with Crippen molar-refractivity contribution in [2.24, 2.45) is 0 Å². The van der Waals surface area contributed by atoms with E-state index in [0.717, 1.165) is 11.6 Å². The highest BCUT2D eigenvalue weighted by Crippen LogP contribution is 2.40. The zero-order chi connectivity index (χ0) is 27.6. The average molecular weight is 530 g/mol. The molecule has 11 heteroatoms. The molecule has 0 aliphatic heterocycles. The maximum Gasteiger partial charge on any atom is 0.453 e. The van der Waals surface area contributed by atoms with Gasteiger partial charge >= 0.3 is 12.1 Å². The topological polar surface area (TPSA) is 93.4 Å². The molecule has 0 saturated heterocycles. The zero-order valence-electron chi connectivity index (χ0n) is 20.6. The highest BCUT2D eigenvalue weighted by Gasteiger charge is 2.40. The molecule has 0 amide bonds. The monoisotopic (exact) mass is 530 g/mol. The molecule has 198 valence electrons. The van der Waals surface area contributed by atoms with E-state index in [2.05, 4.69) is 0 Å². The van der Waals surface area contributed by atoms with E-state index in [9.17, 15) is 22.8 Å². The minimum absolute atomic E-state index is 0.0129. The molecule has 0 bridgehead atoms. The van der Waals surface area contributed by atoms with Crippen LogP contribution in [0.2, 0.25) is 0 Å². The smallest absolute Gasteiger partial charge is 0.453 e. The highest BCUT2D eigenvalue weighted by atomic mass is 19.4. The van der Waals surface area contributed by atoms with Gasteiger partial charge in [-0.3, -0.25) is 4.79 Å². The number of hydrogen-bond donors (Lipinski definition) is 0. The predicted molar refractivity (Wildman–Crippen MR) is 130 cm³/mol. The molecule has 0 radical (unpaired) electrons. The second-order valence-corrected chi connectivity index (χ2v) is 7.97. The summed E-state index contributed by atoms with van der Waals surface area (Å²) in [5.74, 6) is -2.98. The molecule has 0 atom stereocenters. The van der Waals surface area contributed by atoms with E-state index in [0.29, 0.717) is 0 Å². The largest absolute Gasteiger partial charge is 0.493 e. The number of halogens is 3. The van der Waals surface area contributed by atoms with Crippen LogP contribution in [0.1, 0.15) is 21.7 Å². The molecule has 3 aromatic carbocycles. The van der Waals surface area contributed by atoms with Gasteiger partial charge in [0, 0.05) is 6.07 Å². The van der Waals surface area contributed by atoms with Gasteiger partial charge in [0.2, 0.25) is 16.9 Å². The molecule has 0 aliphatic carbocycles. The van der Waals surface area contributed by atoms with Crippen LogP contribution in [0.5, 0.6) is 34.5 Å². The van der Waals surface area contributed by atoms with Gasteiger partial charge in [-0.1, -0.05) is 12.1 Å². The van der Waals surface area contributed by atoms with Gasteiger partial charge in [-0.25, -0.2) is 4.79 Å². The van der Waals surface area contributed by atoms with Gasteiger partial charge in [-0.05, 0) is 48.9 Å². The Labute approximate surface area is 214 Å². The predicted octanol–water partition coefficient (Wildman–Crippen LogP) is 6.16. The first-order chi connectivity index (χ1) is 18.0. The second kappa shape index (κ2) is 10.4. The number of carbonyl (C=O) groups is 1. The van der Waals surface area contributed by atoms with Gasteiger partial charge in [0.15, 0.2) is 11.5 Å². The number of alkyl halides is 3. The molecule has 0 saturated carbocycles. The summed E-state index contributed by atoms with van der Waals surface area (Å²) in [5, 5.41) is -0.201. The van der Waals surface area contributed by atoms with E-state index in [1.807, 2.05) is 0 Å². The zero-order valence-corrected chi connectivity index (χ0v) is 20.6. The minimum atomic E-state index is -5.05. The first-order valence-electron chi connectivity index (χ1n) is 11.0. The lowest BCUT2D eigenvalue weighted by molar-refractivity contribution is -0.154. The van der Waals surface area contributed by atoms with E-state index in [4.69, 9.17) is 28.1 Å². The summed E-state index contributed by atoms with van der Waals surface area (Å²) in [5.41, 5.74) is -0.754. The number of hydrogen-bond acceptors (Lipinski definition) is 8. The van der Waals surface area contributed by atoms with Crippen molar-refractivity contribution in [2.45, 2.75) is 13.1 Å². The van der Waals surface area contributed by atoms with Gasteiger partial charge in [0.05, 0.1) is 32.3 Å². The van der Waals surface area contributed by atoms with Crippen molar-refractivity contribution in [1.82, 2.24) is 0 Å². The van der Waals surface area contributed by atoms with Crippen LogP contribution in [0.3, 0.4) is 0 Å². The third-order valence-corrected chi connectivity index (χ3v) is 5.40. The van der Waals surface area contributed by atoms with E-state index < -0.39 is 34.7 Å². The van der Waals surface area contributed by atoms with Crippen molar-refractivity contribution in [3.05, 3.63) is 81.7 Å². The van der Waals surface area contributed by atoms with Gasteiger partial charge < -0.3 is 28.1 Å². The average Bonchev–Trinajstić information content (AvgIpc) is 2.88. The maximum absolute atomic E-state index is 13.8. The van der Waals surface area contributed by atoms with Crippen molar-refractivity contribution in [1.29, 1.82) is 0 Å². The molecule has 0 N–H and O–H groups in total. The summed E-state index contributed by atoms with van der Waals surface area (Å²) in [6.45, 7) is 1.72. The second-order valence-electron chi connectivity index (χ2n) is 7.97. The fourth-order valence-corrected chi connectivity index (χ4v) is 3.66. The molecule has 38 heavy (non-hydrogen) atoms. The number of esters is 1. The Bertz CT molecular complexity index is 1550. The van der Waals surface area contributed by atoms with Crippen molar-refractivity contribution in [3.63, 3.8) is 0 Å². The van der Waals surface area contributed by atoms with Gasteiger partial charge in [-0.15, -0.1) is 0 Å². The third-order valence-electron chi connectivity index (χ3n) is 5.40. The van der Waals surface area contributed by atoms with Crippen LogP contribution in [0.15, 0.2) is 63.8 Å². The molecule has 8 nitrogen and oxygen atoms in total. The lowest BCUT2D eigenvalue weighted by atomic mass is 10.1. The summed E-state index contributed by atoms with van der Waals surface area (Å²) in [7, 11) is 4.13. The van der Waals surface area contributed by atoms with E-state index in [-0.39, 0.29) is 39.7 Å². The van der Waals surface area contributed by atoms with Crippen molar-refractivity contribution >= 4 is 16.9 Å². The number of rotatable bonds is 7. The van der Waals surface area contributed by atoms with Crippen LogP contribution >= 0.6 is 0 Å². The number of benzene rings is 3. The molecule has 4 rings (SSSR count). The van der Waals surface area contributed by atoms with Crippen LogP contribution in [0.4, 0.5) is 13.2 Å². The molecular weight excluding hydrogens is 509 g/mol. The summed E-state index contributed by atoms with van der Waals surface area (Å²) in [6.07, 6.45) is -5.05. The number of carbonyl (C=O) groups excluding carboxylic acids is 1. The van der Waals surface area contributed by atoms with Crippen LogP contribution in [0.25, 0.3) is 11.0 Å². The first kappa shape index (κ1) is 26.4. The summed E-state index contributed by atoms with van der Waals surface area (Å²) < 4.78 is 72.9. The molecule has 0 unspecified atom stereocenters. The van der Waals surface area contributed by atoms with Gasteiger partial charge in [0.25, 0.3) is 5.76 Å². The van der Waals surface area contributed by atoms with Gasteiger partial charge in [0.1, 0.15) is 17.1 Å². The van der Waals surface area contributed by atoms with Crippen LogP contribution in [0, 0.1) is 6.92 Å². The Balaban J connectivity index is 1.73. The summed E-state index contributed by atoms with van der Waals surface area (Å²) in [4.78, 5) is 25.8. The molecule has 0 fully saturated rings. The Morgan fingerprint density at radius 1 is 0.842 bits per heavy atom. The quantitative estimate of drug-likeness (QED) is 0.207. The minimum Gasteiger partial charge on any atom is -0.493 e. The molecule has 4 aromatic rings. The lowest BCUT2D eigenvalue weighted by Gasteiger charge is -2.14. The normalized spacial score (nSPS) is 11.2. The Hall–Kier alpha value is -4.67. The number of fused-ring (bicyclic) bond motifs is 1. The molecule has 0 aliphatic rings. The number of methoxy groups -OCH3 is 3. The molecule has 1 heterocycles. The van der Waals surface area contributed by atoms with Crippen molar-refractivity contribution < 1.29 is 46.1 Å². The Kier molecular flexibility index (Phi) is 7.20. The Morgan fingerprint density at radius 3 is 2.11 bits per heavy atom. The van der Waals surface area contributed by atoms with Crippen LogP contribution in [-0.4, -0.2) is 27.3 Å². The van der Waals surface area contributed by atoms with E-state index in [1.165, 1.54) is 57.7 Å². The third kappa shape index (κ3) is 5.22. The lowest BCUT2D eigenvalue weighted by Crippen LogP contribution is -2.15. The number of aryl methyl sites for hydroxylation is 1. The number of ether oxygens (including phenoxy) is 5. The van der Waals surface area contributed by atoms with Crippen molar-refractivity contribution in [2.75, 3.05) is 21.3 Å². The standard InChI is InChI=1S/C27H21F3O8/c1-14-6-5-7-16(10-14)36-24-22(31)18-9-8-17(13-19(18)38-25(24)27(28,29)30)37-26(32)15-11-20(33-2)23(35-4)21(12-15)34-3/h5-13H,1-4H3. The van der Waals surface area contributed by atoms with E-state index >= 15 is 0 Å². The molecular formula is C27H21F3O8. The van der Waals surface area contributed by atoms with E-state index in [1.54, 1.807) is 19.1 Å². The van der Waals surface area contributed by atoms with Crippen LogP contribution < -0.4 is 29.1 Å². The molecule has 0 spiro atoms. The SMILES string of the molecule is COc1cc(C(=O)Oc2ccc3c(=O)c(Oc4cccc(C)c4)c(C(F)(F)F)oc3c2)cc(OC)c1OC. The Morgan fingerprint density at radius 2 is 1.53 bits per heavy atom. The molecule has 1 aromatic heterocycles. The fraction of sp³-hybridized carbons (Fsp3) is 0.185. The summed E-state index contributed by atoms with van der Waals surface area (Å²) >= 11 is 0. The van der Waals surface area contributed by atoms with Gasteiger partial charge in [-0.2, -0.15) is 13.2 Å². The maximum atomic E-state index is 13.8. The van der Waals surface area contributed by atoms with Crippen LogP contribution in [-0.2, 0) is 6.18 Å². The first-order valence-corrected chi connectivity index (χ1v) is 11.0. The van der Waals surface area contributed by atoms with Crippen molar-refractivity contribution in [3.8, 4) is 34.5 Å². The highest BCUT2D eigenvalue weighted by molar-refractivity contribution is 5.93. The summed E-state index contributed by atoms with van der Waals surface area (Å²) in [6, 6.07) is 12.3.